The summed E-state index contributed by atoms with van der Waals surface area (Å²) < 4.78 is 10.4. The molecule has 17 heavy (non-hydrogen) atoms. The molecule has 0 bridgehead atoms. The fourth-order valence-corrected chi connectivity index (χ4v) is 1.28. The van der Waals surface area contributed by atoms with E-state index in [2.05, 4.69) is 16.9 Å². The van der Waals surface area contributed by atoms with Crippen LogP contribution in [0.5, 0.6) is 5.88 Å². The first kappa shape index (κ1) is 13.7. The minimum atomic E-state index is 0.624. The van der Waals surface area contributed by atoms with Gasteiger partial charge in [-0.25, -0.2) is 4.98 Å². The van der Waals surface area contributed by atoms with Gasteiger partial charge in [0.1, 0.15) is 0 Å². The van der Waals surface area contributed by atoms with Crippen LogP contribution < -0.4 is 10.1 Å². The highest BCUT2D eigenvalue weighted by molar-refractivity contribution is 5.15. The maximum absolute atomic E-state index is 5.37. The first-order chi connectivity index (χ1) is 8.22. The number of hydrogen-bond acceptors (Lipinski definition) is 4. The van der Waals surface area contributed by atoms with Crippen molar-refractivity contribution in [3.63, 3.8) is 0 Å². The Morgan fingerprint density at radius 3 is 3.00 bits per heavy atom. The molecule has 1 N–H and O–H groups in total. The Balaban J connectivity index is 2.15. The third kappa shape index (κ3) is 6.04. The summed E-state index contributed by atoms with van der Waals surface area (Å²) in [6.45, 7) is 8.54. The van der Waals surface area contributed by atoms with Crippen molar-refractivity contribution in [3.8, 4) is 5.88 Å². The molecule has 0 aliphatic heterocycles. The van der Waals surface area contributed by atoms with E-state index in [9.17, 15) is 0 Å². The topological polar surface area (TPSA) is 43.4 Å². The number of rotatable bonds is 8. The molecule has 1 aromatic rings. The van der Waals surface area contributed by atoms with E-state index in [4.69, 9.17) is 9.47 Å². The minimum Gasteiger partial charge on any atom is -0.481 e. The monoisotopic (exact) mass is 236 g/mol. The molecule has 0 aliphatic carbocycles. The lowest BCUT2D eigenvalue weighted by atomic mass is 10.3. The molecule has 0 spiro atoms. The lowest BCUT2D eigenvalue weighted by Crippen LogP contribution is -2.20. The molecule has 0 saturated heterocycles. The molecule has 0 unspecified atom stereocenters. The molecule has 0 saturated carbocycles. The third-order valence-corrected chi connectivity index (χ3v) is 2.07. The van der Waals surface area contributed by atoms with E-state index in [-0.39, 0.29) is 0 Å². The zero-order chi connectivity index (χ0) is 12.5. The van der Waals surface area contributed by atoms with Gasteiger partial charge in [0.25, 0.3) is 0 Å². The van der Waals surface area contributed by atoms with E-state index in [1.165, 1.54) is 0 Å². The summed E-state index contributed by atoms with van der Waals surface area (Å²) in [5.41, 5.74) is 2.00. The molecule has 4 heteroatoms. The summed E-state index contributed by atoms with van der Waals surface area (Å²) in [6, 6.07) is 5.73. The molecule has 0 radical (unpaired) electrons. The second-order valence-electron chi connectivity index (χ2n) is 3.86. The second-order valence-corrected chi connectivity index (χ2v) is 3.86. The SMILES string of the molecule is C=C(C)COCCNCc1cccc(OC)n1. The number of hydrogen-bond donors (Lipinski definition) is 1. The molecular formula is C13H20N2O2. The fourth-order valence-electron chi connectivity index (χ4n) is 1.28. The van der Waals surface area contributed by atoms with Crippen molar-refractivity contribution in [2.24, 2.45) is 0 Å². The maximum Gasteiger partial charge on any atom is 0.213 e. The lowest BCUT2D eigenvalue weighted by molar-refractivity contribution is 0.157. The Morgan fingerprint density at radius 1 is 1.47 bits per heavy atom. The predicted octanol–water partition coefficient (Wildman–Crippen LogP) is 1.77. The number of aromatic nitrogens is 1. The Labute approximate surface area is 103 Å². The zero-order valence-electron chi connectivity index (χ0n) is 10.5. The number of methoxy groups -OCH3 is 1. The minimum absolute atomic E-state index is 0.624. The van der Waals surface area contributed by atoms with Crippen LogP contribution in [0.2, 0.25) is 0 Å². The lowest BCUT2D eigenvalue weighted by Gasteiger charge is -2.06. The van der Waals surface area contributed by atoms with Gasteiger partial charge in [-0.05, 0) is 13.0 Å². The van der Waals surface area contributed by atoms with Crippen molar-refractivity contribution in [2.75, 3.05) is 26.9 Å². The average Bonchev–Trinajstić information content (AvgIpc) is 2.33. The van der Waals surface area contributed by atoms with Gasteiger partial charge < -0.3 is 14.8 Å². The number of pyridine rings is 1. The van der Waals surface area contributed by atoms with Crippen molar-refractivity contribution < 1.29 is 9.47 Å². The Morgan fingerprint density at radius 2 is 2.29 bits per heavy atom. The van der Waals surface area contributed by atoms with Crippen LogP contribution in [0.4, 0.5) is 0 Å². The maximum atomic E-state index is 5.37. The Bertz CT molecular complexity index is 353. The van der Waals surface area contributed by atoms with Crippen molar-refractivity contribution in [1.29, 1.82) is 0 Å². The molecule has 0 aliphatic rings. The second kappa shape index (κ2) is 7.81. The van der Waals surface area contributed by atoms with E-state index >= 15 is 0 Å². The van der Waals surface area contributed by atoms with Crippen LogP contribution in [0.25, 0.3) is 0 Å². The van der Waals surface area contributed by atoms with Crippen LogP contribution in [0.3, 0.4) is 0 Å². The Kier molecular flexibility index (Phi) is 6.29. The highest BCUT2D eigenvalue weighted by Crippen LogP contribution is 2.05. The molecule has 0 atom stereocenters. The number of nitrogens with one attached hydrogen (secondary N) is 1. The van der Waals surface area contributed by atoms with Crippen molar-refractivity contribution in [2.45, 2.75) is 13.5 Å². The highest BCUT2D eigenvalue weighted by Gasteiger charge is 1.96. The summed E-state index contributed by atoms with van der Waals surface area (Å²) >= 11 is 0. The average molecular weight is 236 g/mol. The van der Waals surface area contributed by atoms with Crippen molar-refractivity contribution in [1.82, 2.24) is 10.3 Å². The number of ether oxygens (including phenoxy) is 2. The van der Waals surface area contributed by atoms with E-state index in [1.54, 1.807) is 7.11 Å². The fraction of sp³-hybridized carbons (Fsp3) is 0.462. The van der Waals surface area contributed by atoms with Crippen LogP contribution in [0.15, 0.2) is 30.4 Å². The van der Waals surface area contributed by atoms with Crippen LogP contribution in [-0.2, 0) is 11.3 Å². The van der Waals surface area contributed by atoms with Crippen LogP contribution >= 0.6 is 0 Å². The van der Waals surface area contributed by atoms with Gasteiger partial charge in [0, 0.05) is 19.2 Å². The van der Waals surface area contributed by atoms with E-state index < -0.39 is 0 Å². The largest absolute Gasteiger partial charge is 0.481 e. The smallest absolute Gasteiger partial charge is 0.213 e. The standard InChI is InChI=1S/C13H20N2O2/c1-11(2)10-17-8-7-14-9-12-5-4-6-13(15-12)16-3/h4-6,14H,1,7-10H2,2-3H3. The van der Waals surface area contributed by atoms with Gasteiger partial charge in [-0.15, -0.1) is 0 Å². The van der Waals surface area contributed by atoms with Crippen LogP contribution in [-0.4, -0.2) is 31.9 Å². The van der Waals surface area contributed by atoms with Gasteiger partial charge in [-0.3, -0.25) is 0 Å². The molecule has 4 nitrogen and oxygen atoms in total. The number of nitrogens with zero attached hydrogens (tertiary/aromatic N) is 1. The Hall–Kier alpha value is -1.39. The quantitative estimate of drug-likeness (QED) is 0.552. The summed E-state index contributed by atoms with van der Waals surface area (Å²) in [4.78, 5) is 4.30. The van der Waals surface area contributed by atoms with E-state index in [0.717, 1.165) is 17.8 Å². The van der Waals surface area contributed by atoms with Crippen molar-refractivity contribution >= 4 is 0 Å². The summed E-state index contributed by atoms with van der Waals surface area (Å²) in [7, 11) is 1.62. The molecule has 0 fully saturated rings. The van der Waals surface area contributed by atoms with E-state index in [0.29, 0.717) is 25.6 Å². The summed E-state index contributed by atoms with van der Waals surface area (Å²) in [6.07, 6.45) is 0. The molecule has 0 amide bonds. The third-order valence-electron chi connectivity index (χ3n) is 2.07. The van der Waals surface area contributed by atoms with E-state index in [1.807, 2.05) is 25.1 Å². The van der Waals surface area contributed by atoms with Gasteiger partial charge in [0.2, 0.25) is 5.88 Å². The molecule has 0 aromatic carbocycles. The van der Waals surface area contributed by atoms with Gasteiger partial charge in [-0.2, -0.15) is 0 Å². The van der Waals surface area contributed by atoms with Crippen molar-refractivity contribution in [3.05, 3.63) is 36.0 Å². The molecule has 94 valence electrons. The zero-order valence-corrected chi connectivity index (χ0v) is 10.5. The molecule has 1 aromatic heterocycles. The van der Waals surface area contributed by atoms with Crippen LogP contribution in [0.1, 0.15) is 12.6 Å². The first-order valence-electron chi connectivity index (χ1n) is 5.65. The first-order valence-corrected chi connectivity index (χ1v) is 5.65. The van der Waals surface area contributed by atoms with Gasteiger partial charge in [-0.1, -0.05) is 18.2 Å². The van der Waals surface area contributed by atoms with Gasteiger partial charge in [0.05, 0.1) is 26.0 Å². The van der Waals surface area contributed by atoms with Crippen LogP contribution in [0, 0.1) is 0 Å². The predicted molar refractivity (Wildman–Crippen MR) is 68.1 cm³/mol. The van der Waals surface area contributed by atoms with Gasteiger partial charge in [0.15, 0.2) is 0 Å². The normalized spacial score (nSPS) is 10.2. The molecular weight excluding hydrogens is 216 g/mol. The highest BCUT2D eigenvalue weighted by atomic mass is 16.5. The molecule has 1 rings (SSSR count). The molecule has 1 heterocycles. The van der Waals surface area contributed by atoms with Gasteiger partial charge >= 0.3 is 0 Å². The summed E-state index contributed by atoms with van der Waals surface area (Å²) in [5, 5.41) is 3.25. The summed E-state index contributed by atoms with van der Waals surface area (Å²) in [5.74, 6) is 0.642.